The van der Waals surface area contributed by atoms with E-state index in [-0.39, 0.29) is 12.0 Å². The zero-order valence-electron chi connectivity index (χ0n) is 11.4. The molecule has 1 aromatic carbocycles. The van der Waals surface area contributed by atoms with E-state index in [2.05, 4.69) is 19.9 Å². The molecule has 1 aromatic rings. The molecule has 0 bridgehead atoms. The van der Waals surface area contributed by atoms with Crippen molar-refractivity contribution in [2.24, 2.45) is 11.8 Å². The number of aliphatic hydroxyl groups is 1. The summed E-state index contributed by atoms with van der Waals surface area (Å²) in [5, 5.41) is 10.4. The van der Waals surface area contributed by atoms with Crippen molar-refractivity contribution in [1.29, 1.82) is 0 Å². The Morgan fingerprint density at radius 3 is 2.72 bits per heavy atom. The molecule has 2 nitrogen and oxygen atoms in total. The molecule has 18 heavy (non-hydrogen) atoms. The summed E-state index contributed by atoms with van der Waals surface area (Å²) in [7, 11) is 0. The third-order valence-electron chi connectivity index (χ3n) is 4.18. The average molecular weight is 248 g/mol. The van der Waals surface area contributed by atoms with Gasteiger partial charge in [0, 0.05) is 5.92 Å². The van der Waals surface area contributed by atoms with Crippen LogP contribution >= 0.6 is 0 Å². The van der Waals surface area contributed by atoms with Crippen molar-refractivity contribution in [3.63, 3.8) is 0 Å². The predicted octanol–water partition coefficient (Wildman–Crippen LogP) is 3.42. The number of para-hydroxylation sites is 1. The first-order chi connectivity index (χ1) is 8.74. The number of aliphatic hydroxyl groups excluding tert-OH is 1. The Balaban J connectivity index is 1.96. The minimum absolute atomic E-state index is 0.233. The Morgan fingerprint density at radius 2 is 2.00 bits per heavy atom. The van der Waals surface area contributed by atoms with Gasteiger partial charge in [-0.3, -0.25) is 0 Å². The number of fused-ring (bicyclic) bond motifs is 1. The monoisotopic (exact) mass is 248 g/mol. The molecule has 0 aromatic heterocycles. The first kappa shape index (κ1) is 13.4. The van der Waals surface area contributed by atoms with Crippen LogP contribution in [0.1, 0.15) is 38.7 Å². The average Bonchev–Trinajstić information content (AvgIpc) is 2.44. The summed E-state index contributed by atoms with van der Waals surface area (Å²) in [6, 6.07) is 8.15. The van der Waals surface area contributed by atoms with Gasteiger partial charge in [0.05, 0.1) is 12.7 Å². The highest BCUT2D eigenvalue weighted by atomic mass is 16.5. The Hall–Kier alpha value is -1.02. The Morgan fingerprint density at radius 1 is 1.28 bits per heavy atom. The molecular weight excluding hydrogens is 224 g/mol. The third-order valence-corrected chi connectivity index (χ3v) is 4.18. The van der Waals surface area contributed by atoms with Crippen LogP contribution < -0.4 is 4.74 Å². The standard InChI is InChI=1S/C16H24O2/c1-3-12(4-2)9-15(17)14-10-13-7-5-6-8-16(13)18-11-14/h5-8,12,14-15,17H,3-4,9-11H2,1-2H3. The predicted molar refractivity (Wildman–Crippen MR) is 73.8 cm³/mol. The fourth-order valence-electron chi connectivity index (χ4n) is 2.75. The summed E-state index contributed by atoms with van der Waals surface area (Å²) in [5.74, 6) is 1.88. The molecular formula is C16H24O2. The first-order valence-corrected chi connectivity index (χ1v) is 7.13. The summed E-state index contributed by atoms with van der Waals surface area (Å²) in [5.41, 5.74) is 1.23. The van der Waals surface area contributed by atoms with Gasteiger partial charge in [0.25, 0.3) is 0 Å². The topological polar surface area (TPSA) is 29.5 Å². The largest absolute Gasteiger partial charge is 0.493 e. The normalized spacial score (nSPS) is 20.3. The van der Waals surface area contributed by atoms with Gasteiger partial charge in [0.15, 0.2) is 0 Å². The van der Waals surface area contributed by atoms with E-state index in [1.54, 1.807) is 0 Å². The second kappa shape index (κ2) is 6.24. The lowest BCUT2D eigenvalue weighted by Gasteiger charge is -2.30. The highest BCUT2D eigenvalue weighted by Gasteiger charge is 2.27. The molecule has 1 N–H and O–H groups in total. The van der Waals surface area contributed by atoms with Crippen molar-refractivity contribution in [1.82, 2.24) is 0 Å². The molecule has 0 saturated carbocycles. The fraction of sp³-hybridized carbons (Fsp3) is 0.625. The number of hydrogen-bond donors (Lipinski definition) is 1. The van der Waals surface area contributed by atoms with Gasteiger partial charge in [-0.1, -0.05) is 44.9 Å². The van der Waals surface area contributed by atoms with Crippen LogP contribution in [0, 0.1) is 11.8 Å². The van der Waals surface area contributed by atoms with Gasteiger partial charge in [-0.05, 0) is 30.4 Å². The highest BCUT2D eigenvalue weighted by molar-refractivity contribution is 5.35. The van der Waals surface area contributed by atoms with E-state index in [1.165, 1.54) is 5.56 Å². The molecule has 1 heterocycles. The van der Waals surface area contributed by atoms with Gasteiger partial charge in [-0.15, -0.1) is 0 Å². The van der Waals surface area contributed by atoms with Crippen LogP contribution in [0.25, 0.3) is 0 Å². The van der Waals surface area contributed by atoms with E-state index in [1.807, 2.05) is 18.2 Å². The summed E-state index contributed by atoms with van der Waals surface area (Å²) in [6.07, 6.45) is 3.92. The van der Waals surface area contributed by atoms with Gasteiger partial charge >= 0.3 is 0 Å². The molecule has 0 aliphatic carbocycles. The van der Waals surface area contributed by atoms with Crippen molar-refractivity contribution in [3.8, 4) is 5.75 Å². The molecule has 2 rings (SSSR count). The molecule has 0 spiro atoms. The number of benzene rings is 1. The van der Waals surface area contributed by atoms with Crippen molar-refractivity contribution >= 4 is 0 Å². The van der Waals surface area contributed by atoms with Gasteiger partial charge in [-0.25, -0.2) is 0 Å². The lowest BCUT2D eigenvalue weighted by Crippen LogP contribution is -2.33. The van der Waals surface area contributed by atoms with Gasteiger partial charge in [0.1, 0.15) is 5.75 Å². The van der Waals surface area contributed by atoms with Crippen LogP contribution in [0.2, 0.25) is 0 Å². The van der Waals surface area contributed by atoms with E-state index >= 15 is 0 Å². The van der Waals surface area contributed by atoms with Crippen LogP contribution in [0.5, 0.6) is 5.75 Å². The van der Waals surface area contributed by atoms with Gasteiger partial charge < -0.3 is 9.84 Å². The van der Waals surface area contributed by atoms with Crippen LogP contribution in [-0.4, -0.2) is 17.8 Å². The second-order valence-corrected chi connectivity index (χ2v) is 5.37. The maximum atomic E-state index is 10.4. The Labute approximate surface area is 110 Å². The highest BCUT2D eigenvalue weighted by Crippen LogP contribution is 2.30. The molecule has 0 fully saturated rings. The minimum atomic E-state index is -0.233. The fourth-order valence-corrected chi connectivity index (χ4v) is 2.75. The summed E-state index contributed by atoms with van der Waals surface area (Å²) < 4.78 is 5.75. The molecule has 0 amide bonds. The van der Waals surface area contributed by atoms with Crippen molar-refractivity contribution in [3.05, 3.63) is 29.8 Å². The molecule has 1 aliphatic rings. The molecule has 0 saturated heterocycles. The number of ether oxygens (including phenoxy) is 1. The van der Waals surface area contributed by atoms with Crippen LogP contribution in [0.3, 0.4) is 0 Å². The molecule has 2 atom stereocenters. The van der Waals surface area contributed by atoms with E-state index in [4.69, 9.17) is 4.74 Å². The smallest absolute Gasteiger partial charge is 0.122 e. The van der Waals surface area contributed by atoms with Crippen LogP contribution in [0.4, 0.5) is 0 Å². The lowest BCUT2D eigenvalue weighted by atomic mass is 9.85. The number of hydrogen-bond acceptors (Lipinski definition) is 2. The first-order valence-electron chi connectivity index (χ1n) is 7.13. The quantitative estimate of drug-likeness (QED) is 0.865. The summed E-state index contributed by atoms with van der Waals surface area (Å²) in [4.78, 5) is 0. The SMILES string of the molecule is CCC(CC)CC(O)C1COc2ccccc2C1. The molecule has 2 unspecified atom stereocenters. The molecule has 0 radical (unpaired) electrons. The summed E-state index contributed by atoms with van der Waals surface area (Å²) in [6.45, 7) is 5.06. The van der Waals surface area contributed by atoms with E-state index in [0.29, 0.717) is 12.5 Å². The zero-order valence-corrected chi connectivity index (χ0v) is 11.4. The summed E-state index contributed by atoms with van der Waals surface area (Å²) >= 11 is 0. The minimum Gasteiger partial charge on any atom is -0.493 e. The van der Waals surface area contributed by atoms with Crippen molar-refractivity contribution < 1.29 is 9.84 Å². The van der Waals surface area contributed by atoms with Gasteiger partial charge in [0.2, 0.25) is 0 Å². The Bertz CT molecular complexity index is 371. The van der Waals surface area contributed by atoms with E-state index in [0.717, 1.165) is 31.4 Å². The molecule has 1 aliphatic heterocycles. The third kappa shape index (κ3) is 3.05. The van der Waals surface area contributed by atoms with E-state index in [9.17, 15) is 5.11 Å². The van der Waals surface area contributed by atoms with Crippen LogP contribution in [0.15, 0.2) is 24.3 Å². The Kier molecular flexibility index (Phi) is 4.65. The molecule has 2 heteroatoms. The van der Waals surface area contributed by atoms with Crippen LogP contribution in [-0.2, 0) is 6.42 Å². The molecule has 100 valence electrons. The van der Waals surface area contributed by atoms with E-state index < -0.39 is 0 Å². The van der Waals surface area contributed by atoms with Crippen molar-refractivity contribution in [2.45, 2.75) is 45.6 Å². The number of rotatable bonds is 5. The van der Waals surface area contributed by atoms with Crippen molar-refractivity contribution in [2.75, 3.05) is 6.61 Å². The second-order valence-electron chi connectivity index (χ2n) is 5.37. The lowest BCUT2D eigenvalue weighted by molar-refractivity contribution is 0.0453. The van der Waals surface area contributed by atoms with Gasteiger partial charge in [-0.2, -0.15) is 0 Å². The maximum absolute atomic E-state index is 10.4. The maximum Gasteiger partial charge on any atom is 0.122 e. The zero-order chi connectivity index (χ0) is 13.0.